The molecule has 0 amide bonds. The number of piperazine rings is 1. The first kappa shape index (κ1) is 15.8. The van der Waals surface area contributed by atoms with Gasteiger partial charge in [-0.25, -0.2) is 0 Å². The maximum Gasteiger partial charge on any atom is 0.0401 e. The monoisotopic (exact) mass is 339 g/mol. The first-order chi connectivity index (χ1) is 9.51. The van der Waals surface area contributed by atoms with Crippen molar-refractivity contribution < 1.29 is 0 Å². The SMILES string of the molecule is CCN1CCN(c2ccc(Br)cc2CC(C)N)CC1C. The lowest BCUT2D eigenvalue weighted by atomic mass is 10.0. The smallest absolute Gasteiger partial charge is 0.0401 e. The second-order valence-electron chi connectivity index (χ2n) is 5.88. The zero-order valence-electron chi connectivity index (χ0n) is 12.8. The van der Waals surface area contributed by atoms with Crippen molar-refractivity contribution in [1.29, 1.82) is 0 Å². The molecule has 1 heterocycles. The number of anilines is 1. The van der Waals surface area contributed by atoms with E-state index in [1.54, 1.807) is 0 Å². The number of nitrogens with two attached hydrogens (primary N) is 1. The highest BCUT2D eigenvalue weighted by molar-refractivity contribution is 9.10. The van der Waals surface area contributed by atoms with E-state index in [0.717, 1.165) is 37.1 Å². The van der Waals surface area contributed by atoms with Gasteiger partial charge in [-0.2, -0.15) is 0 Å². The van der Waals surface area contributed by atoms with Crippen LogP contribution in [0.3, 0.4) is 0 Å². The summed E-state index contributed by atoms with van der Waals surface area (Å²) in [4.78, 5) is 5.06. The molecule has 1 aliphatic heterocycles. The number of hydrogen-bond donors (Lipinski definition) is 1. The molecule has 1 saturated heterocycles. The van der Waals surface area contributed by atoms with E-state index in [2.05, 4.69) is 64.7 Å². The fraction of sp³-hybridized carbons (Fsp3) is 0.625. The number of hydrogen-bond acceptors (Lipinski definition) is 3. The Labute approximate surface area is 131 Å². The van der Waals surface area contributed by atoms with E-state index >= 15 is 0 Å². The Morgan fingerprint density at radius 1 is 1.40 bits per heavy atom. The lowest BCUT2D eigenvalue weighted by Gasteiger charge is -2.41. The van der Waals surface area contributed by atoms with Crippen LogP contribution >= 0.6 is 15.9 Å². The Morgan fingerprint density at radius 3 is 2.75 bits per heavy atom. The third-order valence-corrected chi connectivity index (χ3v) is 4.59. The van der Waals surface area contributed by atoms with Crippen LogP contribution in [-0.4, -0.2) is 43.2 Å². The fourth-order valence-corrected chi connectivity index (χ4v) is 3.47. The molecule has 1 aliphatic rings. The summed E-state index contributed by atoms with van der Waals surface area (Å²) in [6.07, 6.45) is 0.928. The molecule has 0 saturated carbocycles. The van der Waals surface area contributed by atoms with Crippen LogP contribution in [0.5, 0.6) is 0 Å². The highest BCUT2D eigenvalue weighted by Crippen LogP contribution is 2.27. The average molecular weight is 340 g/mol. The van der Waals surface area contributed by atoms with Crippen molar-refractivity contribution in [3.8, 4) is 0 Å². The Balaban J connectivity index is 2.20. The lowest BCUT2D eigenvalue weighted by molar-refractivity contribution is 0.199. The standard InChI is InChI=1S/C16H26BrN3/c1-4-19-7-8-20(11-13(19)3)16-6-5-15(17)10-14(16)9-12(2)18/h5-6,10,12-13H,4,7-9,11,18H2,1-3H3. The summed E-state index contributed by atoms with van der Waals surface area (Å²) in [6, 6.07) is 7.39. The summed E-state index contributed by atoms with van der Waals surface area (Å²) in [5.41, 5.74) is 8.71. The number of likely N-dealkylation sites (N-methyl/N-ethyl adjacent to an activating group) is 1. The molecule has 3 nitrogen and oxygen atoms in total. The van der Waals surface area contributed by atoms with Crippen LogP contribution in [0.1, 0.15) is 26.3 Å². The summed E-state index contributed by atoms with van der Waals surface area (Å²) in [6.45, 7) is 11.1. The molecule has 1 aromatic carbocycles. The third kappa shape index (κ3) is 3.74. The van der Waals surface area contributed by atoms with Crippen molar-refractivity contribution in [2.75, 3.05) is 31.1 Å². The summed E-state index contributed by atoms with van der Waals surface area (Å²) < 4.78 is 1.14. The molecule has 1 aromatic rings. The number of rotatable bonds is 4. The zero-order chi connectivity index (χ0) is 14.7. The molecule has 0 bridgehead atoms. The van der Waals surface area contributed by atoms with Gasteiger partial charge in [0, 0.05) is 41.9 Å². The van der Waals surface area contributed by atoms with Crippen molar-refractivity contribution >= 4 is 21.6 Å². The largest absolute Gasteiger partial charge is 0.368 e. The molecule has 0 spiro atoms. The van der Waals surface area contributed by atoms with Crippen molar-refractivity contribution in [3.05, 3.63) is 28.2 Å². The molecule has 4 heteroatoms. The van der Waals surface area contributed by atoms with Crippen molar-refractivity contribution in [3.63, 3.8) is 0 Å². The van der Waals surface area contributed by atoms with Crippen LogP contribution in [0.15, 0.2) is 22.7 Å². The summed E-state index contributed by atoms with van der Waals surface area (Å²) >= 11 is 3.58. The molecule has 112 valence electrons. The number of halogens is 1. The first-order valence-corrected chi connectivity index (χ1v) is 8.33. The Hall–Kier alpha value is -0.580. The predicted molar refractivity (Wildman–Crippen MR) is 90.4 cm³/mol. The van der Waals surface area contributed by atoms with Gasteiger partial charge in [0.05, 0.1) is 0 Å². The van der Waals surface area contributed by atoms with E-state index in [1.807, 2.05) is 0 Å². The van der Waals surface area contributed by atoms with Gasteiger partial charge in [0.25, 0.3) is 0 Å². The summed E-state index contributed by atoms with van der Waals surface area (Å²) in [5.74, 6) is 0. The molecule has 20 heavy (non-hydrogen) atoms. The highest BCUT2D eigenvalue weighted by atomic mass is 79.9. The van der Waals surface area contributed by atoms with Gasteiger partial charge in [0.2, 0.25) is 0 Å². The molecule has 0 aliphatic carbocycles. The van der Waals surface area contributed by atoms with Crippen molar-refractivity contribution in [2.45, 2.75) is 39.3 Å². The molecule has 2 unspecified atom stereocenters. The molecule has 0 radical (unpaired) electrons. The van der Waals surface area contributed by atoms with Gasteiger partial charge in [-0.1, -0.05) is 22.9 Å². The van der Waals surface area contributed by atoms with E-state index < -0.39 is 0 Å². The molecule has 2 N–H and O–H groups in total. The minimum absolute atomic E-state index is 0.192. The third-order valence-electron chi connectivity index (χ3n) is 4.10. The van der Waals surface area contributed by atoms with E-state index in [-0.39, 0.29) is 6.04 Å². The second kappa shape index (κ2) is 6.92. The Morgan fingerprint density at radius 2 is 2.15 bits per heavy atom. The molecular formula is C16H26BrN3. The van der Waals surface area contributed by atoms with Gasteiger partial charge in [-0.3, -0.25) is 4.90 Å². The van der Waals surface area contributed by atoms with Crippen LogP contribution in [-0.2, 0) is 6.42 Å². The quantitative estimate of drug-likeness (QED) is 0.915. The predicted octanol–water partition coefficient (Wildman–Crippen LogP) is 2.87. The van der Waals surface area contributed by atoms with Crippen molar-refractivity contribution in [1.82, 2.24) is 4.90 Å². The van der Waals surface area contributed by atoms with Gasteiger partial charge in [0.15, 0.2) is 0 Å². The van der Waals surface area contributed by atoms with Crippen LogP contribution < -0.4 is 10.6 Å². The first-order valence-electron chi connectivity index (χ1n) is 7.54. The van der Waals surface area contributed by atoms with Crippen LogP contribution in [0.25, 0.3) is 0 Å². The van der Waals surface area contributed by atoms with Crippen LogP contribution in [0.2, 0.25) is 0 Å². The van der Waals surface area contributed by atoms with E-state index in [0.29, 0.717) is 6.04 Å². The molecule has 2 rings (SSSR count). The van der Waals surface area contributed by atoms with Crippen LogP contribution in [0.4, 0.5) is 5.69 Å². The van der Waals surface area contributed by atoms with E-state index in [9.17, 15) is 0 Å². The summed E-state index contributed by atoms with van der Waals surface area (Å²) in [7, 11) is 0. The lowest BCUT2D eigenvalue weighted by Crippen LogP contribution is -2.52. The fourth-order valence-electron chi connectivity index (χ4n) is 3.06. The topological polar surface area (TPSA) is 32.5 Å². The maximum atomic E-state index is 6.00. The van der Waals surface area contributed by atoms with Crippen molar-refractivity contribution in [2.24, 2.45) is 5.73 Å². The number of nitrogens with zero attached hydrogens (tertiary/aromatic N) is 2. The van der Waals surface area contributed by atoms with E-state index in [4.69, 9.17) is 5.73 Å². The second-order valence-corrected chi connectivity index (χ2v) is 6.79. The van der Waals surface area contributed by atoms with Gasteiger partial charge in [0.1, 0.15) is 0 Å². The van der Waals surface area contributed by atoms with Gasteiger partial charge < -0.3 is 10.6 Å². The van der Waals surface area contributed by atoms with Crippen LogP contribution in [0, 0.1) is 0 Å². The Bertz CT molecular complexity index is 447. The summed E-state index contributed by atoms with van der Waals surface area (Å²) in [5, 5.41) is 0. The van der Waals surface area contributed by atoms with Gasteiger partial charge >= 0.3 is 0 Å². The van der Waals surface area contributed by atoms with E-state index in [1.165, 1.54) is 11.3 Å². The molecule has 2 atom stereocenters. The molecular weight excluding hydrogens is 314 g/mol. The zero-order valence-corrected chi connectivity index (χ0v) is 14.4. The average Bonchev–Trinajstić information content (AvgIpc) is 2.38. The maximum absolute atomic E-state index is 6.00. The molecule has 0 aromatic heterocycles. The molecule has 1 fully saturated rings. The number of benzene rings is 1. The van der Waals surface area contributed by atoms with Gasteiger partial charge in [-0.05, 0) is 50.6 Å². The minimum atomic E-state index is 0.192. The highest BCUT2D eigenvalue weighted by Gasteiger charge is 2.24. The normalized spacial score (nSPS) is 22.1. The van der Waals surface area contributed by atoms with Gasteiger partial charge in [-0.15, -0.1) is 0 Å². The Kier molecular flexibility index (Phi) is 5.47. The minimum Gasteiger partial charge on any atom is -0.368 e.